The number of fused-ring (bicyclic) bond motifs is 2. The average Bonchev–Trinajstić information content (AvgIpc) is 3.46. The number of hydrogen-bond donors (Lipinski definition) is 3. The van der Waals surface area contributed by atoms with Crippen LogP contribution in [0.2, 0.25) is 0 Å². The van der Waals surface area contributed by atoms with Crippen LogP contribution in [0, 0.1) is 5.82 Å². The highest BCUT2D eigenvalue weighted by molar-refractivity contribution is 6.22. The number of likely N-dealkylation sites (tertiary alicyclic amines) is 1. The van der Waals surface area contributed by atoms with E-state index in [2.05, 4.69) is 4.90 Å². The van der Waals surface area contributed by atoms with Gasteiger partial charge in [0.05, 0.1) is 12.2 Å². The van der Waals surface area contributed by atoms with Crippen LogP contribution in [0.25, 0.3) is 5.57 Å². The maximum atomic E-state index is 14.3. The van der Waals surface area contributed by atoms with E-state index in [9.17, 15) is 14.0 Å². The number of benzene rings is 2. The van der Waals surface area contributed by atoms with E-state index in [4.69, 9.17) is 9.94 Å². The molecule has 3 heterocycles. The Hall–Kier alpha value is -3.11. The monoisotopic (exact) mass is 495 g/mol. The third-order valence-corrected chi connectivity index (χ3v) is 7.59. The topological polar surface area (TPSA) is 86.5 Å². The molecule has 36 heavy (non-hydrogen) atoms. The number of hydrogen-bond acceptors (Lipinski definition) is 5. The van der Waals surface area contributed by atoms with Crippen molar-refractivity contribution in [3.8, 4) is 0 Å². The highest BCUT2D eigenvalue weighted by Gasteiger charge is 2.42. The number of rotatable bonds is 8. The molecule has 2 aromatic rings. The maximum Gasteiger partial charge on any atom is 0.274 e. The van der Waals surface area contributed by atoms with Gasteiger partial charge in [0.15, 0.2) is 0 Å². The van der Waals surface area contributed by atoms with Crippen LogP contribution in [-0.4, -0.2) is 72.8 Å². The number of halogens is 1. The fourth-order valence-corrected chi connectivity index (χ4v) is 5.77. The lowest BCUT2D eigenvalue weighted by molar-refractivity contribution is -0.804. The molecule has 0 radical (unpaired) electrons. The number of carbonyl (C=O) groups excluding carboxylic acids is 2. The second-order valence-electron chi connectivity index (χ2n) is 9.67. The summed E-state index contributed by atoms with van der Waals surface area (Å²) in [6.45, 7) is 4.38. The van der Waals surface area contributed by atoms with Gasteiger partial charge in [-0.05, 0) is 43.7 Å². The van der Waals surface area contributed by atoms with E-state index in [1.807, 2.05) is 17.0 Å². The lowest BCUT2D eigenvalue weighted by Gasteiger charge is -2.31. The lowest BCUT2D eigenvalue weighted by Crippen LogP contribution is -3.03. The summed E-state index contributed by atoms with van der Waals surface area (Å²) in [4.78, 5) is 30.7. The number of carbonyl (C=O) groups is 2. The van der Waals surface area contributed by atoms with Gasteiger partial charge in [0, 0.05) is 56.4 Å². The van der Waals surface area contributed by atoms with Crippen molar-refractivity contribution in [1.82, 2.24) is 15.3 Å². The molecule has 0 bridgehead atoms. The number of ether oxygens (including phenoxy) is 1. The number of methoxy groups -OCH3 is 1. The fourth-order valence-electron chi connectivity index (χ4n) is 5.77. The second kappa shape index (κ2) is 10.5. The zero-order valence-corrected chi connectivity index (χ0v) is 20.4. The fraction of sp³-hybridized carbons (Fsp3) is 0.407. The van der Waals surface area contributed by atoms with E-state index in [-0.39, 0.29) is 11.7 Å². The van der Waals surface area contributed by atoms with Crippen LogP contribution in [-0.2, 0) is 16.1 Å². The summed E-state index contributed by atoms with van der Waals surface area (Å²) >= 11 is 0. The number of amides is 2. The molecule has 190 valence electrons. The van der Waals surface area contributed by atoms with E-state index in [1.165, 1.54) is 12.1 Å². The molecule has 0 aromatic heterocycles. The molecular formula is C27H32FN4O4+. The second-order valence-corrected chi connectivity index (χ2v) is 9.67. The molecule has 3 aliphatic heterocycles. The van der Waals surface area contributed by atoms with Crippen LogP contribution in [0.5, 0.6) is 0 Å². The van der Waals surface area contributed by atoms with Crippen LogP contribution in [0.4, 0.5) is 10.1 Å². The van der Waals surface area contributed by atoms with E-state index < -0.39 is 5.91 Å². The maximum absolute atomic E-state index is 14.3. The minimum Gasteiger partial charge on any atom is -0.383 e. The molecule has 1 fully saturated rings. The van der Waals surface area contributed by atoms with E-state index >= 15 is 0 Å². The molecule has 9 heteroatoms. The molecule has 3 aliphatic rings. The van der Waals surface area contributed by atoms with Crippen molar-refractivity contribution in [2.45, 2.75) is 31.8 Å². The first-order chi connectivity index (χ1) is 17.5. The van der Waals surface area contributed by atoms with E-state index in [0.29, 0.717) is 49.0 Å². The Morgan fingerprint density at radius 2 is 2.00 bits per heavy atom. The Labute approximate surface area is 209 Å². The molecule has 2 amide bonds. The summed E-state index contributed by atoms with van der Waals surface area (Å²) in [5.41, 5.74) is 6.14. The molecule has 0 aliphatic carbocycles. The quantitative estimate of drug-likeness (QED) is 0.384. The molecular weight excluding hydrogens is 463 g/mol. The van der Waals surface area contributed by atoms with Gasteiger partial charge in [0.25, 0.3) is 11.8 Å². The molecule has 0 saturated carbocycles. The molecule has 0 spiro atoms. The largest absolute Gasteiger partial charge is 0.383 e. The van der Waals surface area contributed by atoms with Gasteiger partial charge in [-0.25, -0.2) is 9.87 Å². The number of hydroxylamine groups is 1. The van der Waals surface area contributed by atoms with Crippen molar-refractivity contribution in [3.05, 3.63) is 70.7 Å². The molecule has 2 aromatic carbocycles. The lowest BCUT2D eigenvalue weighted by atomic mass is 10.00. The molecule has 1 saturated heterocycles. The smallest absolute Gasteiger partial charge is 0.274 e. The minimum absolute atomic E-state index is 0.0319. The van der Waals surface area contributed by atoms with Gasteiger partial charge in [-0.15, -0.1) is 0 Å². The van der Waals surface area contributed by atoms with Crippen LogP contribution in [0.1, 0.15) is 40.7 Å². The predicted octanol–water partition coefficient (Wildman–Crippen LogP) is 1.73. The van der Waals surface area contributed by atoms with Gasteiger partial charge in [-0.2, -0.15) is 0 Å². The summed E-state index contributed by atoms with van der Waals surface area (Å²) in [7, 11) is 1.73. The van der Waals surface area contributed by atoms with Crippen molar-refractivity contribution < 1.29 is 28.8 Å². The number of nitrogens with one attached hydrogen (secondary N) is 2. The van der Waals surface area contributed by atoms with Crippen LogP contribution >= 0.6 is 0 Å². The third kappa shape index (κ3) is 4.67. The minimum atomic E-state index is -0.568. The Balaban J connectivity index is 1.36. The molecule has 5 rings (SSSR count). The predicted molar refractivity (Wildman–Crippen MR) is 131 cm³/mol. The van der Waals surface area contributed by atoms with Gasteiger partial charge in [-0.3, -0.25) is 24.6 Å². The summed E-state index contributed by atoms with van der Waals surface area (Å²) < 4.78 is 19.6. The van der Waals surface area contributed by atoms with Gasteiger partial charge in [-0.1, -0.05) is 12.1 Å². The summed E-state index contributed by atoms with van der Waals surface area (Å²) in [6.07, 6.45) is 2.99. The van der Waals surface area contributed by atoms with Crippen molar-refractivity contribution >= 4 is 23.1 Å². The van der Waals surface area contributed by atoms with Gasteiger partial charge < -0.3 is 9.64 Å². The van der Waals surface area contributed by atoms with Crippen LogP contribution in [0.15, 0.2) is 48.2 Å². The highest BCUT2D eigenvalue weighted by Crippen LogP contribution is 2.35. The van der Waals surface area contributed by atoms with Crippen molar-refractivity contribution in [2.24, 2.45) is 0 Å². The first-order valence-corrected chi connectivity index (χ1v) is 12.5. The van der Waals surface area contributed by atoms with Crippen molar-refractivity contribution in [1.29, 1.82) is 0 Å². The standard InChI is InChI=1S/C27H31FN4O4/c1-36-17-21-3-2-11-30(21)13-14-31-12-10-24-25(27(31)34)22-15-20(28)8-9-23(22)32(24)16-18-4-6-19(7-5-18)26(33)29-35/h4-9,15,21,35H,2-3,10-14,16-17H2,1H3,(H,29,33)/p+1/t21-/m0/s1. The SMILES string of the molecule is COC[C@@H]1CCCN1CCN1CCC2=C(C1=O)c1cc(F)ccc1[NH+]2Cc1ccc(C(=O)NO)cc1. The first-order valence-electron chi connectivity index (χ1n) is 12.5. The Kier molecular flexibility index (Phi) is 7.15. The van der Waals surface area contributed by atoms with Gasteiger partial charge in [0.1, 0.15) is 29.3 Å². The van der Waals surface area contributed by atoms with Crippen LogP contribution < -0.4 is 10.4 Å². The third-order valence-electron chi connectivity index (χ3n) is 7.59. The van der Waals surface area contributed by atoms with Gasteiger partial charge in [0.2, 0.25) is 0 Å². The molecule has 3 N–H and O–H groups in total. The summed E-state index contributed by atoms with van der Waals surface area (Å²) in [5.74, 6) is -0.956. The molecule has 8 nitrogen and oxygen atoms in total. The highest BCUT2D eigenvalue weighted by atomic mass is 19.1. The van der Waals surface area contributed by atoms with E-state index in [0.717, 1.165) is 54.2 Å². The number of nitrogens with zero attached hydrogens (tertiary/aromatic N) is 2. The van der Waals surface area contributed by atoms with E-state index in [1.54, 1.807) is 30.8 Å². The summed E-state index contributed by atoms with van der Waals surface area (Å²) in [6, 6.07) is 12.1. The normalized spacial score (nSPS) is 21.6. The molecule has 1 unspecified atom stereocenters. The van der Waals surface area contributed by atoms with Gasteiger partial charge >= 0.3 is 0 Å². The average molecular weight is 496 g/mol. The Morgan fingerprint density at radius 1 is 1.19 bits per heavy atom. The first kappa shape index (κ1) is 24.6. The van der Waals surface area contributed by atoms with Crippen molar-refractivity contribution in [2.75, 3.05) is 39.9 Å². The Morgan fingerprint density at radius 3 is 2.75 bits per heavy atom. The zero-order valence-electron chi connectivity index (χ0n) is 20.4. The summed E-state index contributed by atoms with van der Waals surface area (Å²) in [5, 5.41) is 8.85. The number of quaternary nitrogens is 1. The molecule has 2 atom stereocenters. The Bertz CT molecular complexity index is 1180. The zero-order chi connectivity index (χ0) is 25.2. The van der Waals surface area contributed by atoms with Crippen molar-refractivity contribution in [3.63, 3.8) is 0 Å². The van der Waals surface area contributed by atoms with Crippen LogP contribution in [0.3, 0.4) is 0 Å².